The van der Waals surface area contributed by atoms with Gasteiger partial charge in [0.2, 0.25) is 0 Å². The highest BCUT2D eigenvalue weighted by molar-refractivity contribution is 4.61. The van der Waals surface area contributed by atoms with Crippen LogP contribution in [0.1, 0.15) is 47.5 Å². The third kappa shape index (κ3) is 9.57. The lowest BCUT2D eigenvalue weighted by molar-refractivity contribution is -0.117. The Hall–Kier alpha value is -0.120. The number of hydrogen-bond donors (Lipinski definition) is 0. The van der Waals surface area contributed by atoms with Crippen molar-refractivity contribution in [2.24, 2.45) is 11.8 Å². The first kappa shape index (κ1) is 16.9. The highest BCUT2D eigenvalue weighted by Crippen LogP contribution is 2.17. The Bertz CT molecular complexity index is 171. The predicted octanol–water partition coefficient (Wildman–Crippen LogP) is 3.47. The lowest BCUT2D eigenvalue weighted by Crippen LogP contribution is -2.20. The van der Waals surface area contributed by atoms with Crippen molar-refractivity contribution in [3.8, 4) is 0 Å². The predicted molar refractivity (Wildman–Crippen MR) is 71.1 cm³/mol. The summed E-state index contributed by atoms with van der Waals surface area (Å²) >= 11 is 0. The smallest absolute Gasteiger partial charge is 0.147 e. The quantitative estimate of drug-likeness (QED) is 0.552. The van der Waals surface area contributed by atoms with Crippen LogP contribution < -0.4 is 0 Å². The Morgan fingerprint density at radius 2 is 1.47 bits per heavy atom. The van der Waals surface area contributed by atoms with Crippen molar-refractivity contribution in [3.63, 3.8) is 0 Å². The van der Waals surface area contributed by atoms with Crippen LogP contribution in [0.25, 0.3) is 0 Å². The zero-order valence-electron chi connectivity index (χ0n) is 12.4. The first-order valence-corrected chi connectivity index (χ1v) is 6.69. The van der Waals surface area contributed by atoms with Gasteiger partial charge in [-0.05, 0) is 38.5 Å². The van der Waals surface area contributed by atoms with E-state index in [1.165, 1.54) is 0 Å². The van der Waals surface area contributed by atoms with Crippen LogP contribution in [0.5, 0.6) is 0 Å². The second-order valence-electron chi connectivity index (χ2n) is 5.31. The number of hydrogen-bond acceptors (Lipinski definition) is 3. The summed E-state index contributed by atoms with van der Waals surface area (Å²) in [5.41, 5.74) is 0. The molecule has 0 aliphatic heterocycles. The van der Waals surface area contributed by atoms with Gasteiger partial charge in [0, 0.05) is 13.7 Å². The fourth-order valence-electron chi connectivity index (χ4n) is 1.50. The van der Waals surface area contributed by atoms with Gasteiger partial charge in [0.1, 0.15) is 6.79 Å². The molecule has 0 aliphatic carbocycles. The normalized spacial score (nSPS) is 17.1. The van der Waals surface area contributed by atoms with Crippen molar-refractivity contribution in [2.75, 3.05) is 20.5 Å². The average molecular weight is 246 g/mol. The fraction of sp³-hybridized carbons (Fsp3) is 1.00. The van der Waals surface area contributed by atoms with Crippen LogP contribution in [0, 0.1) is 11.8 Å². The summed E-state index contributed by atoms with van der Waals surface area (Å²) < 4.78 is 16.2. The molecule has 0 aliphatic rings. The molecule has 0 heterocycles. The van der Waals surface area contributed by atoms with Gasteiger partial charge >= 0.3 is 0 Å². The summed E-state index contributed by atoms with van der Waals surface area (Å²) in [5.74, 6) is 1.40. The summed E-state index contributed by atoms with van der Waals surface area (Å²) in [4.78, 5) is 0. The van der Waals surface area contributed by atoms with Crippen molar-refractivity contribution in [2.45, 2.75) is 59.7 Å². The summed E-state index contributed by atoms with van der Waals surface area (Å²) in [5, 5.41) is 0. The maximum Gasteiger partial charge on any atom is 0.147 e. The third-order valence-corrected chi connectivity index (χ3v) is 3.28. The molecule has 0 aromatic heterocycles. The minimum Gasteiger partial charge on any atom is -0.385 e. The van der Waals surface area contributed by atoms with Crippen molar-refractivity contribution in [1.82, 2.24) is 0 Å². The lowest BCUT2D eigenvalue weighted by atomic mass is 9.93. The second kappa shape index (κ2) is 9.86. The molecule has 0 amide bonds. The molecule has 0 radical (unpaired) electrons. The highest BCUT2D eigenvalue weighted by atomic mass is 16.7. The Morgan fingerprint density at radius 3 is 2.00 bits per heavy atom. The molecule has 0 rings (SSSR count). The zero-order chi connectivity index (χ0) is 13.3. The molecular weight excluding hydrogens is 216 g/mol. The van der Waals surface area contributed by atoms with E-state index >= 15 is 0 Å². The van der Waals surface area contributed by atoms with Gasteiger partial charge in [0.25, 0.3) is 0 Å². The molecule has 104 valence electrons. The summed E-state index contributed by atoms with van der Waals surface area (Å²) in [6.45, 7) is 12.1. The van der Waals surface area contributed by atoms with E-state index in [-0.39, 0.29) is 12.2 Å². The van der Waals surface area contributed by atoms with Crippen LogP contribution in [0.15, 0.2) is 0 Å². The first-order valence-electron chi connectivity index (χ1n) is 6.69. The molecule has 0 fully saturated rings. The Kier molecular flexibility index (Phi) is 9.79. The zero-order valence-corrected chi connectivity index (χ0v) is 12.4. The molecule has 3 unspecified atom stereocenters. The van der Waals surface area contributed by atoms with E-state index < -0.39 is 0 Å². The Balaban J connectivity index is 3.53. The van der Waals surface area contributed by atoms with Crippen LogP contribution in [0.4, 0.5) is 0 Å². The van der Waals surface area contributed by atoms with Crippen LogP contribution >= 0.6 is 0 Å². The summed E-state index contributed by atoms with van der Waals surface area (Å²) in [7, 11) is 1.71. The van der Waals surface area contributed by atoms with E-state index in [2.05, 4.69) is 27.7 Å². The average Bonchev–Trinajstić information content (AvgIpc) is 2.26. The summed E-state index contributed by atoms with van der Waals surface area (Å²) in [6.07, 6.45) is 2.47. The summed E-state index contributed by atoms with van der Waals surface area (Å²) in [6, 6.07) is 0. The molecule has 3 heteroatoms. The molecule has 0 bridgehead atoms. The van der Waals surface area contributed by atoms with Crippen LogP contribution in [0.2, 0.25) is 0 Å². The van der Waals surface area contributed by atoms with E-state index in [0.29, 0.717) is 18.6 Å². The minimum absolute atomic E-state index is 0.199. The van der Waals surface area contributed by atoms with E-state index in [4.69, 9.17) is 14.2 Å². The van der Waals surface area contributed by atoms with E-state index in [0.717, 1.165) is 19.4 Å². The van der Waals surface area contributed by atoms with Gasteiger partial charge in [-0.25, -0.2) is 0 Å². The van der Waals surface area contributed by atoms with Gasteiger partial charge in [0.15, 0.2) is 0 Å². The molecule has 3 nitrogen and oxygen atoms in total. The molecule has 3 atom stereocenters. The monoisotopic (exact) mass is 246 g/mol. The van der Waals surface area contributed by atoms with Gasteiger partial charge in [-0.1, -0.05) is 20.8 Å². The van der Waals surface area contributed by atoms with Crippen molar-refractivity contribution in [3.05, 3.63) is 0 Å². The first-order chi connectivity index (χ1) is 7.97. The van der Waals surface area contributed by atoms with Gasteiger partial charge < -0.3 is 14.2 Å². The van der Waals surface area contributed by atoms with Crippen molar-refractivity contribution >= 4 is 0 Å². The largest absolute Gasteiger partial charge is 0.385 e. The second-order valence-corrected chi connectivity index (χ2v) is 5.31. The van der Waals surface area contributed by atoms with Crippen molar-refractivity contribution < 1.29 is 14.2 Å². The highest BCUT2D eigenvalue weighted by Gasteiger charge is 2.12. The fourth-order valence-corrected chi connectivity index (χ4v) is 1.50. The maximum absolute atomic E-state index is 5.65. The topological polar surface area (TPSA) is 27.7 Å². The van der Waals surface area contributed by atoms with E-state index in [1.54, 1.807) is 7.11 Å². The number of ether oxygens (including phenoxy) is 3. The van der Waals surface area contributed by atoms with Gasteiger partial charge in [-0.2, -0.15) is 0 Å². The number of rotatable bonds is 10. The van der Waals surface area contributed by atoms with Gasteiger partial charge in [-0.3, -0.25) is 0 Å². The molecule has 0 N–H and O–H groups in total. The third-order valence-electron chi connectivity index (χ3n) is 3.28. The standard InChI is InChI=1S/C14H30O3/c1-11(2)12(3)9-14(5)17-10-16-13(4)7-8-15-6/h11-14H,7-10H2,1-6H3. The lowest BCUT2D eigenvalue weighted by Gasteiger charge is -2.21. The Labute approximate surface area is 107 Å². The molecular formula is C14H30O3. The Morgan fingerprint density at radius 1 is 0.882 bits per heavy atom. The van der Waals surface area contributed by atoms with Crippen molar-refractivity contribution in [1.29, 1.82) is 0 Å². The number of methoxy groups -OCH3 is 1. The molecule has 0 spiro atoms. The van der Waals surface area contributed by atoms with E-state index in [9.17, 15) is 0 Å². The molecule has 17 heavy (non-hydrogen) atoms. The van der Waals surface area contributed by atoms with Crippen LogP contribution in [-0.2, 0) is 14.2 Å². The van der Waals surface area contributed by atoms with E-state index in [1.807, 2.05) is 6.92 Å². The van der Waals surface area contributed by atoms with Crippen LogP contribution in [-0.4, -0.2) is 32.7 Å². The molecule has 0 aromatic carbocycles. The SMILES string of the molecule is COCCC(C)OCOC(C)CC(C)C(C)C. The maximum atomic E-state index is 5.65. The van der Waals surface area contributed by atoms with Gasteiger partial charge in [-0.15, -0.1) is 0 Å². The minimum atomic E-state index is 0.199. The molecule has 0 saturated carbocycles. The van der Waals surface area contributed by atoms with Gasteiger partial charge in [0.05, 0.1) is 12.2 Å². The van der Waals surface area contributed by atoms with Crippen LogP contribution in [0.3, 0.4) is 0 Å². The molecule has 0 aromatic rings. The molecule has 0 saturated heterocycles.